The minimum absolute atomic E-state index is 0.0343. The van der Waals surface area contributed by atoms with Gasteiger partial charge in [0, 0.05) is 12.8 Å². The fraction of sp³-hybridized carbons (Fsp3) is 0.757. The molecule has 0 bridgehead atoms. The number of hydrogen-bond donors (Lipinski definition) is 2. The van der Waals surface area contributed by atoms with Gasteiger partial charge in [-0.15, -0.1) is 0 Å². The van der Waals surface area contributed by atoms with Crippen LogP contribution in [-0.4, -0.2) is 74.3 Å². The molecule has 9 nitrogen and oxygen atoms in total. The van der Waals surface area contributed by atoms with E-state index in [1.54, 1.807) is 0 Å². The van der Waals surface area contributed by atoms with E-state index in [4.69, 9.17) is 13.8 Å². The zero-order valence-corrected chi connectivity index (χ0v) is 56.5. The molecule has 0 aliphatic heterocycles. The van der Waals surface area contributed by atoms with Crippen molar-refractivity contribution in [2.75, 3.05) is 40.9 Å². The molecule has 0 heterocycles. The van der Waals surface area contributed by atoms with Crippen LogP contribution in [0.4, 0.5) is 0 Å². The summed E-state index contributed by atoms with van der Waals surface area (Å²) in [6.07, 6.45) is 85.5. The van der Waals surface area contributed by atoms with Crippen molar-refractivity contribution >= 4 is 19.7 Å². The molecule has 10 heteroatoms. The average molecular weight is 1190 g/mol. The first-order valence-electron chi connectivity index (χ1n) is 35.1. The van der Waals surface area contributed by atoms with Gasteiger partial charge in [-0.25, -0.2) is 4.57 Å². The highest BCUT2D eigenvalue weighted by atomic mass is 31.2. The van der Waals surface area contributed by atoms with Crippen LogP contribution >= 0.6 is 7.82 Å². The SMILES string of the molecule is CC/C=C\C/C=C\C/C=C\C/C=C\C/C=C\CCCCCCCCCC(=O)NC(COP(=O)(O)OCC[N+](C)(C)C)C(/C=C/CCCCCCCCCCCC)OC(=O)CCCCCCCCCCCCCCC/C=C\C/C=C\CCCCC. The number of quaternary nitrogens is 1. The highest BCUT2D eigenvalue weighted by molar-refractivity contribution is 7.47. The van der Waals surface area contributed by atoms with Crippen LogP contribution in [0.3, 0.4) is 0 Å². The van der Waals surface area contributed by atoms with Crippen LogP contribution in [0.1, 0.15) is 310 Å². The first-order valence-corrected chi connectivity index (χ1v) is 36.6. The molecule has 0 saturated heterocycles. The van der Waals surface area contributed by atoms with E-state index in [1.165, 1.54) is 167 Å². The quantitative estimate of drug-likeness (QED) is 0.0205. The lowest BCUT2D eigenvalue weighted by Gasteiger charge is -2.27. The summed E-state index contributed by atoms with van der Waals surface area (Å²) in [6, 6.07) is -0.860. The molecule has 0 radical (unpaired) electrons. The normalized spacial score (nSPS) is 14.1. The molecule has 0 aromatic heterocycles. The van der Waals surface area contributed by atoms with E-state index in [-0.39, 0.29) is 31.5 Å². The third kappa shape index (κ3) is 63.4. The Bertz CT molecular complexity index is 1760. The number of phosphoric ester groups is 1. The summed E-state index contributed by atoms with van der Waals surface area (Å²) < 4.78 is 30.8. The van der Waals surface area contributed by atoms with Crippen molar-refractivity contribution in [3.05, 3.63) is 97.2 Å². The first kappa shape index (κ1) is 80.9. The van der Waals surface area contributed by atoms with Crippen molar-refractivity contribution in [3.63, 3.8) is 0 Å². The Labute approximate surface area is 519 Å². The number of likely N-dealkylation sites (N-methyl/N-ethyl adjacent to an activating group) is 1. The van der Waals surface area contributed by atoms with Gasteiger partial charge in [-0.1, -0.05) is 285 Å². The van der Waals surface area contributed by atoms with E-state index < -0.39 is 20.0 Å². The molecule has 0 fully saturated rings. The zero-order valence-electron chi connectivity index (χ0n) is 55.6. The molecule has 2 N–H and O–H groups in total. The van der Waals surface area contributed by atoms with Crippen LogP contribution in [-0.2, 0) is 27.9 Å². The minimum Gasteiger partial charge on any atom is -0.456 e. The van der Waals surface area contributed by atoms with Gasteiger partial charge in [-0.05, 0) is 109 Å². The van der Waals surface area contributed by atoms with E-state index in [1.807, 2.05) is 33.3 Å². The monoisotopic (exact) mass is 1190 g/mol. The van der Waals surface area contributed by atoms with Crippen molar-refractivity contribution < 1.29 is 37.3 Å². The van der Waals surface area contributed by atoms with E-state index in [0.717, 1.165) is 109 Å². The molecule has 0 aromatic carbocycles. The second-order valence-electron chi connectivity index (χ2n) is 24.7. The third-order valence-corrected chi connectivity index (χ3v) is 16.2. The number of allylic oxidation sites excluding steroid dienone is 15. The number of esters is 1. The molecule has 0 rings (SSSR count). The van der Waals surface area contributed by atoms with Gasteiger partial charge in [0.25, 0.3) is 0 Å². The molecule has 0 saturated carbocycles. The van der Waals surface area contributed by atoms with Crippen LogP contribution in [0.5, 0.6) is 0 Å². The van der Waals surface area contributed by atoms with Crippen LogP contribution in [0.25, 0.3) is 0 Å². The number of ether oxygens (including phenoxy) is 1. The molecule has 84 heavy (non-hydrogen) atoms. The maximum atomic E-state index is 13.6. The van der Waals surface area contributed by atoms with Gasteiger partial charge in [0.15, 0.2) is 0 Å². The van der Waals surface area contributed by atoms with Crippen LogP contribution in [0.2, 0.25) is 0 Å². The standard InChI is InChI=1S/C74H133N2O7P/c1-7-10-13-16-19-22-25-28-30-32-34-36-38-40-42-44-46-48-51-54-57-60-63-66-73(77)75-71(70-82-84(79,80)81-69-68-76(4,5)6)72(65-62-59-56-53-50-27-24-21-18-15-12-9-3)83-74(78)67-64-61-58-55-52-49-47-45-43-41-39-37-35-33-31-29-26-23-20-17-14-11-8-2/h10,13,19-20,22-23,28-31,34,36,40,42,62,65,71-72H,7-9,11-12,14-18,21,24-27,32-33,35,37-39,41,43-61,63-64,66-70H2,1-6H3,(H-,75,77,79,80)/p+1/b13-10-,22-19-,23-20-,30-28-,31-29-,36-34-,42-40-,65-62+. The molecule has 0 aromatic rings. The highest BCUT2D eigenvalue weighted by Crippen LogP contribution is 2.43. The lowest BCUT2D eigenvalue weighted by molar-refractivity contribution is -0.870. The summed E-state index contributed by atoms with van der Waals surface area (Å²) in [6.45, 7) is 6.89. The summed E-state index contributed by atoms with van der Waals surface area (Å²) in [7, 11) is 1.48. The predicted octanol–water partition coefficient (Wildman–Crippen LogP) is 22.3. The van der Waals surface area contributed by atoms with Crippen molar-refractivity contribution in [3.8, 4) is 0 Å². The van der Waals surface area contributed by atoms with E-state index in [2.05, 4.69) is 111 Å². The summed E-state index contributed by atoms with van der Waals surface area (Å²) in [5.41, 5.74) is 0. The molecule has 1 amide bonds. The average Bonchev–Trinajstić information content (AvgIpc) is 3.64. The molecular weight excluding hydrogens is 1060 g/mol. The number of rotatable bonds is 63. The Hall–Kier alpha value is -3.07. The predicted molar refractivity (Wildman–Crippen MR) is 364 cm³/mol. The maximum absolute atomic E-state index is 13.6. The topological polar surface area (TPSA) is 111 Å². The minimum atomic E-state index is -4.46. The molecule has 3 atom stereocenters. The van der Waals surface area contributed by atoms with Crippen molar-refractivity contribution in [1.29, 1.82) is 0 Å². The Kier molecular flexibility index (Phi) is 60.7. The van der Waals surface area contributed by atoms with Crippen molar-refractivity contribution in [2.45, 2.75) is 322 Å². The van der Waals surface area contributed by atoms with Crippen LogP contribution in [0, 0.1) is 0 Å². The molecule has 0 spiro atoms. The molecule has 3 unspecified atom stereocenters. The van der Waals surface area contributed by atoms with Gasteiger partial charge in [-0.3, -0.25) is 18.6 Å². The van der Waals surface area contributed by atoms with E-state index >= 15 is 0 Å². The fourth-order valence-corrected chi connectivity index (χ4v) is 10.6. The van der Waals surface area contributed by atoms with Gasteiger partial charge in [0.1, 0.15) is 19.3 Å². The van der Waals surface area contributed by atoms with E-state index in [9.17, 15) is 19.0 Å². The van der Waals surface area contributed by atoms with Crippen molar-refractivity contribution in [1.82, 2.24) is 5.32 Å². The molecular formula is C74H134N2O7P+. The molecule has 486 valence electrons. The zero-order chi connectivity index (χ0) is 61.4. The van der Waals surface area contributed by atoms with Gasteiger partial charge >= 0.3 is 13.8 Å². The lowest BCUT2D eigenvalue weighted by atomic mass is 10.0. The largest absolute Gasteiger partial charge is 0.472 e. The highest BCUT2D eigenvalue weighted by Gasteiger charge is 2.30. The summed E-state index contributed by atoms with van der Waals surface area (Å²) in [5, 5.41) is 3.06. The van der Waals surface area contributed by atoms with Gasteiger partial charge in [0.05, 0.1) is 33.8 Å². The Morgan fingerprint density at radius 3 is 1.17 bits per heavy atom. The number of carbonyl (C=O) groups is 2. The number of nitrogens with zero attached hydrogens (tertiary/aromatic N) is 1. The maximum Gasteiger partial charge on any atom is 0.472 e. The number of hydrogen-bond acceptors (Lipinski definition) is 6. The fourth-order valence-electron chi connectivity index (χ4n) is 9.88. The van der Waals surface area contributed by atoms with Gasteiger partial charge in [-0.2, -0.15) is 0 Å². The van der Waals surface area contributed by atoms with Crippen molar-refractivity contribution in [2.24, 2.45) is 0 Å². The van der Waals surface area contributed by atoms with Gasteiger partial charge < -0.3 is 19.4 Å². The van der Waals surface area contributed by atoms with E-state index in [0.29, 0.717) is 17.4 Å². The van der Waals surface area contributed by atoms with Crippen LogP contribution < -0.4 is 5.32 Å². The Balaban J connectivity index is 5.12. The number of phosphoric acid groups is 1. The summed E-state index contributed by atoms with van der Waals surface area (Å²) >= 11 is 0. The molecule has 0 aliphatic carbocycles. The van der Waals surface area contributed by atoms with Crippen LogP contribution in [0.15, 0.2) is 97.2 Å². The second kappa shape index (κ2) is 63.0. The Morgan fingerprint density at radius 2 is 0.762 bits per heavy atom. The third-order valence-electron chi connectivity index (χ3n) is 15.3. The smallest absolute Gasteiger partial charge is 0.456 e. The lowest BCUT2D eigenvalue weighted by Crippen LogP contribution is -2.47. The number of unbranched alkanes of at least 4 members (excludes halogenated alkanes) is 33. The Morgan fingerprint density at radius 1 is 0.429 bits per heavy atom. The molecule has 0 aliphatic rings. The summed E-state index contributed by atoms with van der Waals surface area (Å²) in [5.74, 6) is -0.515. The second-order valence-corrected chi connectivity index (χ2v) is 26.1. The number of amides is 1. The van der Waals surface area contributed by atoms with Gasteiger partial charge in [0.2, 0.25) is 5.91 Å². The summed E-state index contributed by atoms with van der Waals surface area (Å²) in [4.78, 5) is 37.9. The number of nitrogens with one attached hydrogen (secondary N) is 1. The first-order chi connectivity index (χ1) is 40.9. The number of carbonyl (C=O) groups excluding carboxylic acids is 2.